The second-order valence-electron chi connectivity index (χ2n) is 9.08. The Labute approximate surface area is 221 Å². The number of anilines is 2. The third-order valence-electron chi connectivity index (χ3n) is 7.20. The van der Waals surface area contributed by atoms with Gasteiger partial charge in [0.15, 0.2) is 7.28 Å². The van der Waals surface area contributed by atoms with Gasteiger partial charge in [0.2, 0.25) is 0 Å². The molecule has 0 amide bonds. The first kappa shape index (κ1) is 22.2. The van der Waals surface area contributed by atoms with Crippen LogP contribution in [0.2, 0.25) is 6.82 Å². The van der Waals surface area contributed by atoms with E-state index in [1.807, 2.05) is 0 Å². The highest BCUT2D eigenvalue weighted by Crippen LogP contribution is 2.55. The molecule has 0 saturated carbocycles. The van der Waals surface area contributed by atoms with E-state index in [0.29, 0.717) is 0 Å². The van der Waals surface area contributed by atoms with Crippen LogP contribution in [0.25, 0.3) is 11.1 Å². The Bertz CT molecular complexity index is 1460. The molecule has 1 N–H and O–H groups in total. The van der Waals surface area contributed by atoms with Gasteiger partial charge >= 0.3 is 0 Å². The van der Waals surface area contributed by atoms with Crippen LogP contribution in [0.15, 0.2) is 121 Å². The molecule has 0 heterocycles. The molecule has 0 fully saturated rings. The summed E-state index contributed by atoms with van der Waals surface area (Å²) in [5, 5.41) is 3.62. The zero-order valence-corrected chi connectivity index (χ0v) is 21.8. The topological polar surface area (TPSA) is 12.0 Å². The van der Waals surface area contributed by atoms with Crippen LogP contribution in [0.5, 0.6) is 0 Å². The highest BCUT2D eigenvalue weighted by atomic mass is 127. The van der Waals surface area contributed by atoms with Gasteiger partial charge in [-0.15, -0.1) is 0 Å². The molecular weight excluding hydrogens is 536 g/mol. The molecule has 1 nitrogen and oxygen atoms in total. The van der Waals surface area contributed by atoms with Crippen molar-refractivity contribution in [3.63, 3.8) is 0 Å². The van der Waals surface area contributed by atoms with Crippen LogP contribution in [0.1, 0.15) is 22.3 Å². The third-order valence-corrected chi connectivity index (χ3v) is 8.09. The molecule has 0 atom stereocenters. The summed E-state index contributed by atoms with van der Waals surface area (Å²) in [6.07, 6.45) is 0. The number of halogens is 1. The van der Waals surface area contributed by atoms with Gasteiger partial charge in [-0.25, -0.2) is 0 Å². The zero-order chi connectivity index (χ0) is 23.8. The Morgan fingerprint density at radius 3 is 1.80 bits per heavy atom. The van der Waals surface area contributed by atoms with Crippen molar-refractivity contribution in [2.45, 2.75) is 12.2 Å². The molecule has 168 valence electrons. The molecule has 0 unspecified atom stereocenters. The van der Waals surface area contributed by atoms with Crippen LogP contribution in [-0.4, -0.2) is 7.28 Å². The Balaban J connectivity index is 1.50. The van der Waals surface area contributed by atoms with Crippen LogP contribution in [0.4, 0.5) is 11.4 Å². The van der Waals surface area contributed by atoms with Gasteiger partial charge in [0.05, 0.1) is 11.1 Å². The molecule has 1 aliphatic carbocycles. The van der Waals surface area contributed by atoms with Gasteiger partial charge < -0.3 is 5.32 Å². The Hall–Kier alpha value is -3.31. The second kappa shape index (κ2) is 9.05. The van der Waals surface area contributed by atoms with Gasteiger partial charge in [-0.05, 0) is 74.2 Å². The number of fused-ring (bicyclic) bond motifs is 3. The normalized spacial score (nSPS) is 13.1. The fourth-order valence-corrected chi connectivity index (χ4v) is 6.27. The number of hydrogen-bond donors (Lipinski definition) is 1. The highest BCUT2D eigenvalue weighted by molar-refractivity contribution is 14.1. The monoisotopic (exact) mass is 561 g/mol. The van der Waals surface area contributed by atoms with Crippen molar-refractivity contribution in [2.24, 2.45) is 0 Å². The first-order valence-corrected chi connectivity index (χ1v) is 13.2. The summed E-state index contributed by atoms with van der Waals surface area (Å²) < 4.78 is 1.24. The van der Waals surface area contributed by atoms with Gasteiger partial charge in [0, 0.05) is 9.26 Å². The van der Waals surface area contributed by atoms with Crippen LogP contribution >= 0.6 is 22.6 Å². The number of rotatable bonds is 5. The van der Waals surface area contributed by atoms with Crippen LogP contribution < -0.4 is 10.8 Å². The molecule has 0 saturated heterocycles. The van der Waals surface area contributed by atoms with Crippen molar-refractivity contribution in [3.05, 3.63) is 147 Å². The summed E-state index contributed by atoms with van der Waals surface area (Å²) in [5.74, 6) is 0. The minimum atomic E-state index is -0.343. The minimum Gasteiger partial charge on any atom is -0.355 e. The first-order chi connectivity index (χ1) is 17.2. The van der Waals surface area contributed by atoms with E-state index in [4.69, 9.17) is 0 Å². The molecule has 1 aliphatic rings. The maximum absolute atomic E-state index is 3.62. The van der Waals surface area contributed by atoms with Crippen LogP contribution in [0.3, 0.4) is 0 Å². The highest BCUT2D eigenvalue weighted by Gasteiger charge is 2.45. The summed E-state index contributed by atoms with van der Waals surface area (Å²) in [6.45, 7) is 2.19. The van der Waals surface area contributed by atoms with Gasteiger partial charge in [-0.1, -0.05) is 115 Å². The second-order valence-corrected chi connectivity index (χ2v) is 10.2. The zero-order valence-electron chi connectivity index (χ0n) is 19.6. The van der Waals surface area contributed by atoms with Crippen molar-refractivity contribution < 1.29 is 0 Å². The smallest absolute Gasteiger partial charge is 0.154 e. The summed E-state index contributed by atoms with van der Waals surface area (Å²) in [5.41, 5.74) is 11.2. The van der Waals surface area contributed by atoms with Gasteiger partial charge in [-0.3, -0.25) is 0 Å². The molecule has 35 heavy (non-hydrogen) atoms. The molecule has 5 aromatic rings. The molecule has 0 spiro atoms. The van der Waals surface area contributed by atoms with E-state index >= 15 is 0 Å². The lowest BCUT2D eigenvalue weighted by molar-refractivity contribution is 0.768. The average Bonchev–Trinajstić information content (AvgIpc) is 3.22. The predicted molar refractivity (Wildman–Crippen MR) is 159 cm³/mol. The van der Waals surface area contributed by atoms with Crippen LogP contribution in [0, 0.1) is 3.57 Å². The molecular formula is C32H25BIN. The largest absolute Gasteiger partial charge is 0.355 e. The quantitative estimate of drug-likeness (QED) is 0.170. The molecule has 6 rings (SSSR count). The number of nitrogens with one attached hydrogen (secondary N) is 1. The van der Waals surface area contributed by atoms with E-state index in [-0.39, 0.29) is 5.41 Å². The maximum atomic E-state index is 3.62. The average molecular weight is 561 g/mol. The predicted octanol–water partition coefficient (Wildman–Crippen LogP) is 7.51. The van der Waals surface area contributed by atoms with Gasteiger partial charge in [0.25, 0.3) is 0 Å². The summed E-state index contributed by atoms with van der Waals surface area (Å²) in [4.78, 5) is 0. The summed E-state index contributed by atoms with van der Waals surface area (Å²) in [6, 6.07) is 44.3. The van der Waals surface area contributed by atoms with E-state index < -0.39 is 0 Å². The van der Waals surface area contributed by atoms with Crippen molar-refractivity contribution in [3.8, 4) is 11.1 Å². The lowest BCUT2D eigenvalue weighted by atomic mass is 9.68. The van der Waals surface area contributed by atoms with E-state index in [1.165, 1.54) is 42.4 Å². The van der Waals surface area contributed by atoms with E-state index in [9.17, 15) is 0 Å². The number of hydrogen-bond acceptors (Lipinski definition) is 1. The van der Waals surface area contributed by atoms with Crippen molar-refractivity contribution in [1.29, 1.82) is 0 Å². The first-order valence-electron chi connectivity index (χ1n) is 12.1. The van der Waals surface area contributed by atoms with Crippen molar-refractivity contribution >= 4 is 46.7 Å². The molecule has 0 aromatic heterocycles. The van der Waals surface area contributed by atoms with E-state index in [1.54, 1.807) is 0 Å². The summed E-state index contributed by atoms with van der Waals surface area (Å²) >= 11 is 2.42. The lowest BCUT2D eigenvalue weighted by Gasteiger charge is -2.34. The Morgan fingerprint density at radius 1 is 0.629 bits per heavy atom. The van der Waals surface area contributed by atoms with Crippen molar-refractivity contribution in [2.75, 3.05) is 5.32 Å². The third kappa shape index (κ3) is 3.61. The lowest BCUT2D eigenvalue weighted by Crippen LogP contribution is -2.28. The SMILES string of the molecule is CBc1ccc(Nc2ccc(C3(c4ccccc4)c4ccccc4-c4ccccc43)cc2)c(I)c1. The summed E-state index contributed by atoms with van der Waals surface area (Å²) in [7, 11) is 1.05. The molecule has 0 radical (unpaired) electrons. The van der Waals surface area contributed by atoms with Gasteiger partial charge in [0.1, 0.15) is 0 Å². The fourth-order valence-electron chi connectivity index (χ4n) is 5.55. The standard InChI is InChI=1S/C32H25BIN/c1-33-24-17-20-31(30(34)21-24)35-25-18-15-23(16-19-25)32(22-9-3-2-4-10-22)28-13-7-5-11-26(28)27-12-6-8-14-29(27)32/h2-21,33,35H,1H3. The van der Waals surface area contributed by atoms with Crippen molar-refractivity contribution in [1.82, 2.24) is 0 Å². The number of benzene rings is 5. The Kier molecular flexibility index (Phi) is 5.73. The van der Waals surface area contributed by atoms with E-state index in [2.05, 4.69) is 156 Å². The minimum absolute atomic E-state index is 0.343. The van der Waals surface area contributed by atoms with E-state index in [0.717, 1.165) is 18.7 Å². The van der Waals surface area contributed by atoms with Gasteiger partial charge in [-0.2, -0.15) is 0 Å². The maximum Gasteiger partial charge on any atom is 0.154 e. The molecule has 3 heteroatoms. The Morgan fingerprint density at radius 2 is 1.20 bits per heavy atom. The fraction of sp³-hybridized carbons (Fsp3) is 0.0625. The van der Waals surface area contributed by atoms with Crippen LogP contribution in [-0.2, 0) is 5.41 Å². The molecule has 0 bridgehead atoms. The molecule has 0 aliphatic heterocycles. The molecule has 5 aromatic carbocycles.